The van der Waals surface area contributed by atoms with Crippen LogP contribution in [0.25, 0.3) is 0 Å². The molecule has 9 heteroatoms. The Hall–Kier alpha value is -0.990. The van der Waals surface area contributed by atoms with Gasteiger partial charge in [0.2, 0.25) is 0 Å². The highest BCUT2D eigenvalue weighted by Gasteiger charge is 2.76. The predicted molar refractivity (Wildman–Crippen MR) is 70.6 cm³/mol. The first-order valence-corrected chi connectivity index (χ1v) is 7.51. The average molecular weight is 352 g/mol. The fourth-order valence-electron chi connectivity index (χ4n) is 1.90. The van der Waals surface area contributed by atoms with Crippen LogP contribution in [0.1, 0.15) is 58.3 Å². The van der Waals surface area contributed by atoms with E-state index in [4.69, 9.17) is 5.11 Å². The van der Waals surface area contributed by atoms with Gasteiger partial charge >= 0.3 is 23.9 Å². The fourth-order valence-corrected chi connectivity index (χ4v) is 1.90. The largest absolute Gasteiger partial charge is 0.463 e. The molecule has 0 unspecified atom stereocenters. The number of ether oxygens (including phenoxy) is 1. The van der Waals surface area contributed by atoms with E-state index in [-0.39, 0.29) is 6.42 Å². The van der Waals surface area contributed by atoms with Crippen LogP contribution in [0, 0.1) is 0 Å². The first-order valence-electron chi connectivity index (χ1n) is 7.51. The predicted octanol–water partition coefficient (Wildman–Crippen LogP) is 4.53. The van der Waals surface area contributed by atoms with Gasteiger partial charge in [-0.2, -0.15) is 26.3 Å². The Morgan fingerprint density at radius 2 is 1.22 bits per heavy atom. The summed E-state index contributed by atoms with van der Waals surface area (Å²) in [4.78, 5) is 11.1. The van der Waals surface area contributed by atoms with Gasteiger partial charge in [0, 0.05) is 0 Å². The Labute approximate surface area is 131 Å². The van der Waals surface area contributed by atoms with Crippen molar-refractivity contribution in [1.29, 1.82) is 0 Å². The Morgan fingerprint density at radius 1 is 0.826 bits per heavy atom. The lowest BCUT2D eigenvalue weighted by Crippen LogP contribution is -2.63. The molecule has 0 fully saturated rings. The molecule has 1 N–H and O–H groups in total. The fraction of sp³-hybridized carbons (Fsp3) is 0.929. The van der Waals surface area contributed by atoms with Crippen LogP contribution in [0.5, 0.6) is 0 Å². The van der Waals surface area contributed by atoms with E-state index in [9.17, 15) is 31.1 Å². The minimum Gasteiger partial charge on any atom is -0.463 e. The molecule has 0 saturated carbocycles. The summed E-state index contributed by atoms with van der Waals surface area (Å²) in [5.41, 5.74) is -5.49. The van der Waals surface area contributed by atoms with Gasteiger partial charge in [0.1, 0.15) is 0 Å². The van der Waals surface area contributed by atoms with Crippen LogP contribution in [0.4, 0.5) is 26.3 Å². The van der Waals surface area contributed by atoms with Crippen LogP contribution >= 0.6 is 0 Å². The number of carbonyl (C=O) groups is 1. The summed E-state index contributed by atoms with van der Waals surface area (Å²) < 4.78 is 78.1. The monoisotopic (exact) mass is 352 g/mol. The van der Waals surface area contributed by atoms with E-state index in [1.807, 2.05) is 0 Å². The maximum Gasteiger partial charge on any atom is 0.437 e. The van der Waals surface area contributed by atoms with Crippen molar-refractivity contribution < 1.29 is 41.0 Å². The van der Waals surface area contributed by atoms with Gasteiger partial charge < -0.3 is 9.84 Å². The van der Waals surface area contributed by atoms with Gasteiger partial charge in [0.25, 0.3) is 0 Å². The van der Waals surface area contributed by atoms with E-state index in [1.54, 1.807) is 0 Å². The number of halogens is 6. The van der Waals surface area contributed by atoms with Gasteiger partial charge in [-0.3, -0.25) is 0 Å². The first-order chi connectivity index (χ1) is 10.5. The summed E-state index contributed by atoms with van der Waals surface area (Å²) in [6.07, 6.45) is -5.76. The summed E-state index contributed by atoms with van der Waals surface area (Å²) in [6.45, 7) is 1.47. The minimum absolute atomic E-state index is 0.144. The number of carbonyl (C=O) groups excluding carboxylic acids is 1. The molecule has 0 amide bonds. The third-order valence-corrected chi connectivity index (χ3v) is 3.35. The Kier molecular flexibility index (Phi) is 8.94. The molecule has 0 bridgehead atoms. The zero-order chi connectivity index (χ0) is 18.1. The molecule has 0 rings (SSSR count). The molecular weight excluding hydrogens is 330 g/mol. The third-order valence-electron chi connectivity index (χ3n) is 3.35. The van der Waals surface area contributed by atoms with Crippen molar-refractivity contribution in [2.24, 2.45) is 0 Å². The van der Waals surface area contributed by atoms with Gasteiger partial charge in [-0.1, -0.05) is 51.9 Å². The van der Waals surface area contributed by atoms with E-state index in [1.165, 1.54) is 0 Å². The van der Waals surface area contributed by atoms with E-state index in [2.05, 4.69) is 11.7 Å². The molecule has 0 aromatic heterocycles. The molecule has 0 heterocycles. The summed E-state index contributed by atoms with van der Waals surface area (Å²) in [5.74, 6) is -2.74. The topological polar surface area (TPSA) is 46.5 Å². The summed E-state index contributed by atoms with van der Waals surface area (Å²) >= 11 is 0. The molecule has 0 aromatic carbocycles. The quantitative estimate of drug-likeness (QED) is 0.357. The van der Waals surface area contributed by atoms with Gasteiger partial charge in [-0.05, 0) is 6.42 Å². The zero-order valence-corrected chi connectivity index (χ0v) is 12.9. The van der Waals surface area contributed by atoms with E-state index in [0.717, 1.165) is 38.5 Å². The lowest BCUT2D eigenvalue weighted by Gasteiger charge is -2.29. The normalized spacial score (nSPS) is 13.2. The van der Waals surface area contributed by atoms with Gasteiger partial charge in [-0.25, -0.2) is 4.79 Å². The van der Waals surface area contributed by atoms with Crippen LogP contribution in [-0.2, 0) is 9.53 Å². The van der Waals surface area contributed by atoms with Crippen LogP contribution in [0.3, 0.4) is 0 Å². The summed E-state index contributed by atoms with van der Waals surface area (Å²) in [6, 6.07) is 0. The molecule has 0 aliphatic carbocycles. The minimum atomic E-state index is -6.19. The van der Waals surface area contributed by atoms with Crippen molar-refractivity contribution in [2.45, 2.75) is 76.2 Å². The van der Waals surface area contributed by atoms with Crippen LogP contribution in [0.2, 0.25) is 0 Å². The number of hydrogen-bond donors (Lipinski definition) is 1. The molecule has 3 nitrogen and oxygen atoms in total. The molecule has 0 radical (unpaired) electrons. The van der Waals surface area contributed by atoms with Crippen molar-refractivity contribution in [1.82, 2.24) is 0 Å². The second kappa shape index (κ2) is 9.34. The number of alkyl halides is 6. The maximum absolute atomic E-state index is 12.4. The number of rotatable bonds is 10. The van der Waals surface area contributed by atoms with Crippen LogP contribution < -0.4 is 0 Å². The van der Waals surface area contributed by atoms with Crippen molar-refractivity contribution in [3.63, 3.8) is 0 Å². The number of esters is 1. The van der Waals surface area contributed by atoms with Crippen LogP contribution in [-0.4, -0.2) is 35.6 Å². The van der Waals surface area contributed by atoms with E-state index in [0.29, 0.717) is 6.42 Å². The molecule has 0 atom stereocenters. The molecule has 0 aliphatic rings. The molecule has 138 valence electrons. The highest BCUT2D eigenvalue weighted by molar-refractivity contribution is 5.81. The molecule has 0 aromatic rings. The summed E-state index contributed by atoms with van der Waals surface area (Å²) in [5, 5.41) is 8.75. The van der Waals surface area contributed by atoms with Gasteiger partial charge in [-0.15, -0.1) is 0 Å². The second-order valence-electron chi connectivity index (χ2n) is 5.32. The highest BCUT2D eigenvalue weighted by Crippen LogP contribution is 2.43. The number of aliphatic hydroxyl groups is 1. The van der Waals surface area contributed by atoms with E-state index < -0.39 is 30.5 Å². The van der Waals surface area contributed by atoms with Gasteiger partial charge in [0.15, 0.2) is 0 Å². The van der Waals surface area contributed by atoms with Gasteiger partial charge in [0.05, 0.1) is 6.61 Å². The van der Waals surface area contributed by atoms with Crippen molar-refractivity contribution in [2.75, 3.05) is 6.61 Å². The highest BCUT2D eigenvalue weighted by atomic mass is 19.4. The maximum atomic E-state index is 12.4. The second-order valence-corrected chi connectivity index (χ2v) is 5.32. The smallest absolute Gasteiger partial charge is 0.437 e. The molecule has 23 heavy (non-hydrogen) atoms. The Balaban J connectivity index is 4.18. The average Bonchev–Trinajstić information content (AvgIpc) is 2.41. The van der Waals surface area contributed by atoms with E-state index >= 15 is 0 Å². The van der Waals surface area contributed by atoms with Crippen molar-refractivity contribution >= 4 is 5.97 Å². The standard InChI is InChI=1S/C14H22F6O3/c1-2-3-4-5-6-7-8-9-10-23-11(21)12(22,13(15,16)17)14(18,19)20/h22H,2-10H2,1H3. The number of hydrogen-bond acceptors (Lipinski definition) is 3. The Bertz CT molecular complexity index is 337. The zero-order valence-electron chi connectivity index (χ0n) is 12.9. The third kappa shape index (κ3) is 6.56. The molecule has 0 aliphatic heterocycles. The lowest BCUT2D eigenvalue weighted by molar-refractivity contribution is -0.356. The molecule has 0 spiro atoms. The first kappa shape index (κ1) is 22.0. The SMILES string of the molecule is CCCCCCCCCCOC(=O)C(O)(C(F)(F)F)C(F)(F)F. The van der Waals surface area contributed by atoms with Crippen molar-refractivity contribution in [3.05, 3.63) is 0 Å². The lowest BCUT2D eigenvalue weighted by atomic mass is 10.0. The number of unbranched alkanes of at least 4 members (excludes halogenated alkanes) is 7. The Morgan fingerprint density at radius 3 is 1.61 bits per heavy atom. The molecular formula is C14H22F6O3. The van der Waals surface area contributed by atoms with Crippen LogP contribution in [0.15, 0.2) is 0 Å². The van der Waals surface area contributed by atoms with Crippen molar-refractivity contribution in [3.8, 4) is 0 Å². The molecule has 0 saturated heterocycles. The summed E-state index contributed by atoms with van der Waals surface area (Å²) in [7, 11) is 0.